The van der Waals surface area contributed by atoms with Crippen LogP contribution in [0.15, 0.2) is 67.5 Å². The van der Waals surface area contributed by atoms with Crippen LogP contribution in [0.3, 0.4) is 0 Å². The maximum atomic E-state index is 13.0. The Labute approximate surface area is 173 Å². The molecule has 0 saturated heterocycles. The molecule has 0 aliphatic carbocycles. The number of benzene rings is 2. The second-order valence-electron chi connectivity index (χ2n) is 7.11. The third-order valence-electron chi connectivity index (χ3n) is 5.08. The first kappa shape index (κ1) is 19.6. The van der Waals surface area contributed by atoms with Gasteiger partial charge in [-0.2, -0.15) is 5.10 Å². The van der Waals surface area contributed by atoms with Crippen LogP contribution in [0.1, 0.15) is 27.9 Å². The van der Waals surface area contributed by atoms with Crippen molar-refractivity contribution >= 4 is 23.2 Å². The van der Waals surface area contributed by atoms with Crippen molar-refractivity contribution < 1.29 is 14.0 Å². The van der Waals surface area contributed by atoms with Crippen molar-refractivity contribution in [3.63, 3.8) is 0 Å². The van der Waals surface area contributed by atoms with E-state index in [1.165, 1.54) is 18.2 Å². The average molecular weight is 404 g/mol. The highest BCUT2D eigenvalue weighted by molar-refractivity contribution is 6.08. The lowest BCUT2D eigenvalue weighted by atomic mass is 9.95. The minimum absolute atomic E-state index is 0.171. The number of nitrogens with zero attached hydrogens (tertiary/aromatic N) is 3. The first-order chi connectivity index (χ1) is 14.5. The summed E-state index contributed by atoms with van der Waals surface area (Å²) in [5, 5.41) is 7.13. The van der Waals surface area contributed by atoms with Crippen molar-refractivity contribution in [2.75, 3.05) is 16.8 Å². The molecule has 152 valence electrons. The summed E-state index contributed by atoms with van der Waals surface area (Å²) in [6.45, 7) is 4.64. The van der Waals surface area contributed by atoms with Crippen LogP contribution in [-0.2, 0) is 17.8 Å². The zero-order valence-corrected chi connectivity index (χ0v) is 16.3. The fourth-order valence-corrected chi connectivity index (χ4v) is 3.67. The fourth-order valence-electron chi connectivity index (χ4n) is 3.67. The van der Waals surface area contributed by atoms with Crippen molar-refractivity contribution in [3.05, 3.63) is 90.0 Å². The fraction of sp³-hybridized carbons (Fsp3) is 0.174. The van der Waals surface area contributed by atoms with E-state index in [4.69, 9.17) is 0 Å². The molecule has 0 saturated carbocycles. The van der Waals surface area contributed by atoms with E-state index in [0.29, 0.717) is 24.3 Å². The highest BCUT2D eigenvalue weighted by Crippen LogP contribution is 2.30. The Morgan fingerprint density at radius 2 is 2.00 bits per heavy atom. The van der Waals surface area contributed by atoms with Crippen LogP contribution in [0.5, 0.6) is 0 Å². The van der Waals surface area contributed by atoms with Crippen LogP contribution in [0.25, 0.3) is 0 Å². The molecule has 7 heteroatoms. The number of halogens is 1. The van der Waals surface area contributed by atoms with Gasteiger partial charge in [0.1, 0.15) is 5.82 Å². The molecule has 0 atom stereocenters. The van der Waals surface area contributed by atoms with Gasteiger partial charge in [0.25, 0.3) is 5.91 Å². The SMILES string of the molecule is C=CC(=O)N1CCCc2c(C(=O)Nc3cnn(Cc4ccc(F)cc4)c3)cccc21. The lowest BCUT2D eigenvalue weighted by molar-refractivity contribution is -0.114. The van der Waals surface area contributed by atoms with Gasteiger partial charge in [0.15, 0.2) is 0 Å². The van der Waals surface area contributed by atoms with E-state index in [2.05, 4.69) is 17.0 Å². The van der Waals surface area contributed by atoms with Gasteiger partial charge < -0.3 is 10.2 Å². The predicted molar refractivity (Wildman–Crippen MR) is 113 cm³/mol. The Bertz CT molecular complexity index is 1100. The summed E-state index contributed by atoms with van der Waals surface area (Å²) in [6, 6.07) is 11.6. The third-order valence-corrected chi connectivity index (χ3v) is 5.08. The van der Waals surface area contributed by atoms with Gasteiger partial charge in [-0.15, -0.1) is 0 Å². The van der Waals surface area contributed by atoms with Gasteiger partial charge in [-0.1, -0.05) is 24.8 Å². The minimum atomic E-state index is -0.285. The van der Waals surface area contributed by atoms with Crippen molar-refractivity contribution in [2.24, 2.45) is 0 Å². The van der Waals surface area contributed by atoms with Gasteiger partial charge in [0.2, 0.25) is 5.91 Å². The second kappa shape index (κ2) is 8.32. The highest BCUT2D eigenvalue weighted by Gasteiger charge is 2.25. The number of aromatic nitrogens is 2. The molecule has 0 bridgehead atoms. The maximum Gasteiger partial charge on any atom is 0.256 e. The number of fused-ring (bicyclic) bond motifs is 1. The molecule has 2 aromatic carbocycles. The summed E-state index contributed by atoms with van der Waals surface area (Å²) in [5.41, 5.74) is 3.62. The van der Waals surface area contributed by atoms with E-state index >= 15 is 0 Å². The third kappa shape index (κ3) is 4.00. The van der Waals surface area contributed by atoms with E-state index in [9.17, 15) is 14.0 Å². The van der Waals surface area contributed by atoms with E-state index in [1.54, 1.807) is 46.2 Å². The average Bonchev–Trinajstić information content (AvgIpc) is 3.20. The zero-order valence-electron chi connectivity index (χ0n) is 16.3. The van der Waals surface area contributed by atoms with Gasteiger partial charge in [0.05, 0.1) is 18.4 Å². The van der Waals surface area contributed by atoms with E-state index in [0.717, 1.165) is 29.7 Å². The lowest BCUT2D eigenvalue weighted by Gasteiger charge is -2.29. The minimum Gasteiger partial charge on any atom is -0.319 e. The Balaban J connectivity index is 1.51. The number of hydrogen-bond acceptors (Lipinski definition) is 3. The molecule has 1 N–H and O–H groups in total. The number of nitrogens with one attached hydrogen (secondary N) is 1. The predicted octanol–water partition coefficient (Wildman–Crippen LogP) is 3.79. The number of carbonyl (C=O) groups excluding carboxylic acids is 2. The summed E-state index contributed by atoms with van der Waals surface area (Å²) < 4.78 is 14.7. The molecular formula is C23H21FN4O2. The molecule has 0 fully saturated rings. The van der Waals surface area contributed by atoms with E-state index in [-0.39, 0.29) is 17.6 Å². The van der Waals surface area contributed by atoms with Gasteiger partial charge >= 0.3 is 0 Å². The molecule has 2 amide bonds. The van der Waals surface area contributed by atoms with E-state index < -0.39 is 0 Å². The molecule has 6 nitrogen and oxygen atoms in total. The van der Waals surface area contributed by atoms with Gasteiger partial charge in [-0.3, -0.25) is 14.3 Å². The lowest BCUT2D eigenvalue weighted by Crippen LogP contribution is -2.35. The van der Waals surface area contributed by atoms with E-state index in [1.807, 2.05) is 6.07 Å². The van der Waals surface area contributed by atoms with Crippen molar-refractivity contribution in [2.45, 2.75) is 19.4 Å². The van der Waals surface area contributed by atoms with Crippen molar-refractivity contribution in [1.29, 1.82) is 0 Å². The Morgan fingerprint density at radius 3 is 2.77 bits per heavy atom. The summed E-state index contributed by atoms with van der Waals surface area (Å²) in [6.07, 6.45) is 6.10. The summed E-state index contributed by atoms with van der Waals surface area (Å²) in [4.78, 5) is 26.7. The Morgan fingerprint density at radius 1 is 1.20 bits per heavy atom. The van der Waals surface area contributed by atoms with Crippen molar-refractivity contribution in [3.8, 4) is 0 Å². The van der Waals surface area contributed by atoms with Gasteiger partial charge in [0, 0.05) is 24.0 Å². The largest absolute Gasteiger partial charge is 0.319 e. The molecular weight excluding hydrogens is 383 g/mol. The van der Waals surface area contributed by atoms with Crippen molar-refractivity contribution in [1.82, 2.24) is 9.78 Å². The molecule has 1 aromatic heterocycles. The quantitative estimate of drug-likeness (QED) is 0.658. The van der Waals surface area contributed by atoms with Gasteiger partial charge in [-0.25, -0.2) is 4.39 Å². The molecule has 0 spiro atoms. The normalized spacial score (nSPS) is 12.9. The summed E-state index contributed by atoms with van der Waals surface area (Å²) >= 11 is 0. The van der Waals surface area contributed by atoms with Crippen LogP contribution in [0.4, 0.5) is 15.8 Å². The number of hydrogen-bond donors (Lipinski definition) is 1. The molecule has 3 aromatic rings. The Kier molecular flexibility index (Phi) is 5.43. The first-order valence-corrected chi connectivity index (χ1v) is 9.69. The van der Waals surface area contributed by atoms with Crippen LogP contribution in [0, 0.1) is 5.82 Å². The van der Waals surface area contributed by atoms with Crippen LogP contribution in [0.2, 0.25) is 0 Å². The number of carbonyl (C=O) groups is 2. The monoisotopic (exact) mass is 404 g/mol. The summed E-state index contributed by atoms with van der Waals surface area (Å²) in [7, 11) is 0. The number of rotatable bonds is 5. The van der Waals surface area contributed by atoms with Crippen LogP contribution >= 0.6 is 0 Å². The smallest absolute Gasteiger partial charge is 0.256 e. The first-order valence-electron chi connectivity index (χ1n) is 9.69. The molecule has 1 aliphatic rings. The van der Waals surface area contributed by atoms with Crippen LogP contribution in [-0.4, -0.2) is 28.1 Å². The molecule has 0 radical (unpaired) electrons. The molecule has 2 heterocycles. The topological polar surface area (TPSA) is 67.2 Å². The number of amides is 2. The molecule has 1 aliphatic heterocycles. The maximum absolute atomic E-state index is 13.0. The molecule has 30 heavy (non-hydrogen) atoms. The Hall–Kier alpha value is -3.74. The van der Waals surface area contributed by atoms with Gasteiger partial charge in [-0.05, 0) is 54.3 Å². The number of anilines is 2. The summed E-state index contributed by atoms with van der Waals surface area (Å²) in [5.74, 6) is -0.705. The second-order valence-corrected chi connectivity index (χ2v) is 7.11. The highest BCUT2D eigenvalue weighted by atomic mass is 19.1. The molecule has 0 unspecified atom stereocenters. The standard InChI is InChI=1S/C23H21FN4O2/c1-2-22(29)28-12-4-6-19-20(5-3-7-21(19)28)23(30)26-18-13-25-27(15-18)14-16-8-10-17(24)11-9-16/h2-3,5,7-11,13,15H,1,4,6,12,14H2,(H,26,30). The zero-order chi connectivity index (χ0) is 21.1. The molecule has 4 rings (SSSR count). The van der Waals surface area contributed by atoms with Crippen LogP contribution < -0.4 is 10.2 Å².